The van der Waals surface area contributed by atoms with Crippen LogP contribution in [0.2, 0.25) is 5.02 Å². The first-order valence-corrected chi connectivity index (χ1v) is 11.4. The summed E-state index contributed by atoms with van der Waals surface area (Å²) in [6.45, 7) is 3.65. The first kappa shape index (κ1) is 21.6. The Morgan fingerprint density at radius 3 is 2.48 bits per heavy atom. The molecule has 29 heavy (non-hydrogen) atoms. The molecule has 0 aromatic heterocycles. The van der Waals surface area contributed by atoms with Crippen molar-refractivity contribution in [1.29, 1.82) is 0 Å². The van der Waals surface area contributed by atoms with Crippen LogP contribution in [-0.2, 0) is 16.6 Å². The normalized spacial score (nSPS) is 14.7. The van der Waals surface area contributed by atoms with E-state index in [4.69, 9.17) is 16.3 Å². The molecule has 0 unspecified atom stereocenters. The van der Waals surface area contributed by atoms with Crippen molar-refractivity contribution in [3.05, 3.63) is 58.6 Å². The molecule has 1 saturated heterocycles. The molecule has 0 spiro atoms. The lowest BCUT2D eigenvalue weighted by Crippen LogP contribution is -2.31. The fourth-order valence-corrected chi connectivity index (χ4v) is 5.32. The Morgan fingerprint density at radius 2 is 1.86 bits per heavy atom. The molecule has 0 atom stereocenters. The molecule has 2 aromatic carbocycles. The summed E-state index contributed by atoms with van der Waals surface area (Å²) in [5, 5.41) is 0.589. The van der Waals surface area contributed by atoms with Crippen LogP contribution in [0, 0.1) is 0 Å². The highest BCUT2D eigenvalue weighted by Crippen LogP contribution is 2.30. The summed E-state index contributed by atoms with van der Waals surface area (Å²) in [6, 6.07) is 11.9. The highest BCUT2D eigenvalue weighted by atomic mass is 35.5. The number of ether oxygens (including phenoxy) is 1. The van der Waals surface area contributed by atoms with Gasteiger partial charge < -0.3 is 9.64 Å². The SMILES string of the molecule is CCN(Cc1ccccc1Cl)C(=O)c1ccc(OC)c(S(=O)(=O)N2CCCC2)c1. The van der Waals surface area contributed by atoms with Crippen LogP contribution in [0.4, 0.5) is 0 Å². The van der Waals surface area contributed by atoms with E-state index in [2.05, 4.69) is 0 Å². The average Bonchev–Trinajstić information content (AvgIpc) is 3.28. The maximum atomic E-state index is 13.1. The summed E-state index contributed by atoms with van der Waals surface area (Å²) < 4.78 is 32.9. The summed E-state index contributed by atoms with van der Waals surface area (Å²) in [4.78, 5) is 14.8. The van der Waals surface area contributed by atoms with E-state index in [-0.39, 0.29) is 16.6 Å². The Hall–Kier alpha value is -2.09. The lowest BCUT2D eigenvalue weighted by Gasteiger charge is -2.23. The molecule has 3 rings (SSSR count). The molecule has 6 nitrogen and oxygen atoms in total. The minimum Gasteiger partial charge on any atom is -0.495 e. The van der Waals surface area contributed by atoms with Crippen LogP contribution >= 0.6 is 11.6 Å². The first-order chi connectivity index (χ1) is 13.9. The summed E-state index contributed by atoms with van der Waals surface area (Å²) in [7, 11) is -2.29. The smallest absolute Gasteiger partial charge is 0.254 e. The number of rotatable bonds is 7. The maximum Gasteiger partial charge on any atom is 0.254 e. The Kier molecular flexibility index (Phi) is 6.82. The zero-order chi connectivity index (χ0) is 21.0. The zero-order valence-corrected chi connectivity index (χ0v) is 18.2. The van der Waals surface area contributed by atoms with Gasteiger partial charge in [-0.2, -0.15) is 4.31 Å². The molecule has 0 radical (unpaired) electrons. The van der Waals surface area contributed by atoms with Gasteiger partial charge in [-0.3, -0.25) is 4.79 Å². The zero-order valence-electron chi connectivity index (χ0n) is 16.6. The van der Waals surface area contributed by atoms with Crippen molar-refractivity contribution in [2.24, 2.45) is 0 Å². The quantitative estimate of drug-likeness (QED) is 0.662. The summed E-state index contributed by atoms with van der Waals surface area (Å²) in [6.07, 6.45) is 1.67. The van der Waals surface area contributed by atoms with Crippen LogP contribution in [0.1, 0.15) is 35.7 Å². The molecule has 1 fully saturated rings. The van der Waals surface area contributed by atoms with E-state index in [9.17, 15) is 13.2 Å². The van der Waals surface area contributed by atoms with Gasteiger partial charge in [0.2, 0.25) is 10.0 Å². The van der Waals surface area contributed by atoms with E-state index in [1.54, 1.807) is 23.1 Å². The molecule has 156 valence electrons. The molecule has 8 heteroatoms. The highest BCUT2D eigenvalue weighted by Gasteiger charge is 2.31. The monoisotopic (exact) mass is 436 g/mol. The number of halogens is 1. The van der Waals surface area contributed by atoms with Gasteiger partial charge >= 0.3 is 0 Å². The standard InChI is InChI=1S/C21H25ClN2O4S/c1-3-23(15-17-8-4-5-9-18(17)22)21(25)16-10-11-19(28-2)20(14-16)29(26,27)24-12-6-7-13-24/h4-5,8-11,14H,3,6-7,12-13,15H2,1-2H3. The van der Waals surface area contributed by atoms with Gasteiger partial charge in [-0.15, -0.1) is 0 Å². The van der Waals surface area contributed by atoms with Gasteiger partial charge in [0.1, 0.15) is 10.6 Å². The van der Waals surface area contributed by atoms with Gasteiger partial charge in [-0.25, -0.2) is 8.42 Å². The van der Waals surface area contributed by atoms with E-state index in [1.807, 2.05) is 25.1 Å². The summed E-state index contributed by atoms with van der Waals surface area (Å²) >= 11 is 6.23. The van der Waals surface area contributed by atoms with Gasteiger partial charge in [-0.05, 0) is 49.6 Å². The third kappa shape index (κ3) is 4.57. The Bertz CT molecular complexity index is 988. The minimum absolute atomic E-state index is 0.0292. The molecular weight excluding hydrogens is 412 g/mol. The second kappa shape index (κ2) is 9.15. The molecule has 0 N–H and O–H groups in total. The topological polar surface area (TPSA) is 66.9 Å². The fraction of sp³-hybridized carbons (Fsp3) is 0.381. The van der Waals surface area contributed by atoms with Crippen molar-refractivity contribution in [3.63, 3.8) is 0 Å². The fourth-order valence-electron chi connectivity index (χ4n) is 3.42. The Labute approximate surface area is 177 Å². The number of sulfonamides is 1. The summed E-state index contributed by atoms with van der Waals surface area (Å²) in [5.41, 5.74) is 1.14. The molecule has 2 aromatic rings. The van der Waals surface area contributed by atoms with Crippen molar-refractivity contribution >= 4 is 27.5 Å². The highest BCUT2D eigenvalue weighted by molar-refractivity contribution is 7.89. The molecule has 1 aliphatic rings. The predicted molar refractivity (Wildman–Crippen MR) is 113 cm³/mol. The number of hydrogen-bond acceptors (Lipinski definition) is 4. The third-order valence-corrected chi connectivity index (χ3v) is 7.37. The largest absolute Gasteiger partial charge is 0.495 e. The number of carbonyl (C=O) groups excluding carboxylic acids is 1. The van der Waals surface area contributed by atoms with Crippen LogP contribution in [-0.4, -0.2) is 50.3 Å². The molecule has 1 aliphatic heterocycles. The first-order valence-electron chi connectivity index (χ1n) is 9.59. The minimum atomic E-state index is -3.72. The van der Waals surface area contributed by atoms with Crippen molar-refractivity contribution in [1.82, 2.24) is 9.21 Å². The third-order valence-electron chi connectivity index (χ3n) is 5.08. The molecular formula is C21H25ClN2O4S. The van der Waals surface area contributed by atoms with Gasteiger partial charge in [-0.1, -0.05) is 29.8 Å². The number of benzene rings is 2. The lowest BCUT2D eigenvalue weighted by molar-refractivity contribution is 0.0752. The number of methoxy groups -OCH3 is 1. The summed E-state index contributed by atoms with van der Waals surface area (Å²) in [5.74, 6) is -0.0180. The van der Waals surface area contributed by atoms with Crippen LogP contribution in [0.3, 0.4) is 0 Å². The van der Waals surface area contributed by atoms with Crippen molar-refractivity contribution < 1.29 is 17.9 Å². The van der Waals surface area contributed by atoms with Gasteiger partial charge in [0.05, 0.1) is 7.11 Å². The van der Waals surface area contributed by atoms with Gasteiger partial charge in [0, 0.05) is 36.8 Å². The predicted octanol–water partition coefficient (Wildman–Crippen LogP) is 3.80. The van der Waals surface area contributed by atoms with Crippen LogP contribution in [0.25, 0.3) is 0 Å². The molecule has 0 aliphatic carbocycles. The molecule has 0 bridgehead atoms. The van der Waals surface area contributed by atoms with Gasteiger partial charge in [0.25, 0.3) is 5.91 Å². The van der Waals surface area contributed by atoms with E-state index < -0.39 is 10.0 Å². The van der Waals surface area contributed by atoms with E-state index in [0.29, 0.717) is 36.8 Å². The lowest BCUT2D eigenvalue weighted by atomic mass is 10.1. The van der Waals surface area contributed by atoms with Gasteiger partial charge in [0.15, 0.2) is 0 Å². The van der Waals surface area contributed by atoms with Crippen molar-refractivity contribution in [3.8, 4) is 5.75 Å². The molecule has 1 heterocycles. The van der Waals surface area contributed by atoms with Crippen LogP contribution < -0.4 is 4.74 Å². The number of hydrogen-bond donors (Lipinski definition) is 0. The maximum absolute atomic E-state index is 13.1. The second-order valence-corrected chi connectivity index (χ2v) is 9.20. The molecule has 1 amide bonds. The van der Waals surface area contributed by atoms with E-state index in [0.717, 1.165) is 18.4 Å². The number of nitrogens with zero attached hydrogens (tertiary/aromatic N) is 2. The van der Waals surface area contributed by atoms with Crippen molar-refractivity contribution in [2.75, 3.05) is 26.7 Å². The van der Waals surface area contributed by atoms with Crippen LogP contribution in [0.5, 0.6) is 5.75 Å². The Balaban J connectivity index is 1.93. The average molecular weight is 437 g/mol. The number of carbonyl (C=O) groups is 1. The van der Waals surface area contributed by atoms with E-state index in [1.165, 1.54) is 17.5 Å². The molecule has 0 saturated carbocycles. The van der Waals surface area contributed by atoms with E-state index >= 15 is 0 Å². The van der Waals surface area contributed by atoms with Crippen LogP contribution in [0.15, 0.2) is 47.4 Å². The number of amides is 1. The second-order valence-electron chi connectivity index (χ2n) is 6.89. The Morgan fingerprint density at radius 1 is 1.17 bits per heavy atom. The van der Waals surface area contributed by atoms with Crippen molar-refractivity contribution in [2.45, 2.75) is 31.2 Å².